The number of benzene rings is 1. The molecule has 7 nitrogen and oxygen atoms in total. The molecule has 1 aliphatic heterocycles. The first-order valence-corrected chi connectivity index (χ1v) is 8.04. The molecule has 1 aliphatic rings. The number of fused-ring (bicyclic) bond motifs is 1. The summed E-state index contributed by atoms with van der Waals surface area (Å²) in [5, 5.41) is 13.9. The van der Waals surface area contributed by atoms with E-state index in [0.717, 1.165) is 11.1 Å². The molecule has 0 bridgehead atoms. The minimum absolute atomic E-state index is 0.0128. The largest absolute Gasteiger partial charge is 0.465 e. The zero-order chi connectivity index (χ0) is 18.0. The molecule has 1 atom stereocenters. The fourth-order valence-corrected chi connectivity index (χ4v) is 3.03. The number of amides is 2. The summed E-state index contributed by atoms with van der Waals surface area (Å²) in [4.78, 5) is 34.3. The van der Waals surface area contributed by atoms with Crippen LogP contribution in [0, 0.1) is 0 Å². The molecule has 1 aromatic carbocycles. The molecule has 1 unspecified atom stereocenters. The number of hydrogen-bond donors (Lipinski definition) is 3. The molecule has 0 aliphatic carbocycles. The van der Waals surface area contributed by atoms with Crippen molar-refractivity contribution in [1.82, 2.24) is 15.2 Å². The minimum atomic E-state index is -1.06. The number of carbonyl (C=O) groups excluding carboxylic acids is 2. The Morgan fingerprint density at radius 2 is 2.12 bits per heavy atom. The molecule has 0 spiro atoms. The van der Waals surface area contributed by atoms with Gasteiger partial charge in [0.05, 0.1) is 6.04 Å². The van der Waals surface area contributed by atoms with E-state index in [4.69, 9.17) is 5.11 Å². The Kier molecular flexibility index (Phi) is 4.56. The van der Waals surface area contributed by atoms with Gasteiger partial charge >= 0.3 is 6.09 Å². The quantitative estimate of drug-likeness (QED) is 0.726. The summed E-state index contributed by atoms with van der Waals surface area (Å²) in [6, 6.07) is 9.05. The number of aromatic nitrogens is 1. The fraction of sp³-hybridized carbons (Fsp3) is 0.278. The molecule has 0 fully saturated rings. The molecule has 3 rings (SSSR count). The van der Waals surface area contributed by atoms with E-state index in [1.165, 1.54) is 6.92 Å². The van der Waals surface area contributed by atoms with Crippen LogP contribution >= 0.6 is 0 Å². The lowest BCUT2D eigenvalue weighted by atomic mass is 10.0. The average molecular weight is 341 g/mol. The van der Waals surface area contributed by atoms with Crippen LogP contribution in [0.4, 0.5) is 4.79 Å². The lowest BCUT2D eigenvalue weighted by molar-refractivity contribution is 0.0912. The molecule has 0 saturated carbocycles. The van der Waals surface area contributed by atoms with Crippen LogP contribution in [-0.2, 0) is 0 Å². The van der Waals surface area contributed by atoms with Crippen molar-refractivity contribution >= 4 is 17.8 Å². The van der Waals surface area contributed by atoms with E-state index in [2.05, 4.69) is 10.6 Å². The SMILES string of the molecule is CC(=O)c1cccc(-c2cc3n(c2)C(CCNC(=O)O)CNC3=O)c1. The van der Waals surface area contributed by atoms with Crippen LogP contribution in [0.1, 0.15) is 40.2 Å². The normalized spacial score (nSPS) is 16.0. The van der Waals surface area contributed by atoms with Gasteiger partial charge in [-0.25, -0.2) is 4.79 Å². The standard InChI is InChI=1S/C18H19N3O4/c1-11(22)12-3-2-4-13(7-12)14-8-16-17(23)20-9-15(21(16)10-14)5-6-19-18(24)25/h2-4,7-8,10,15,19H,5-6,9H2,1H3,(H,20,23)(H,24,25). The van der Waals surface area contributed by atoms with E-state index in [9.17, 15) is 14.4 Å². The summed E-state index contributed by atoms with van der Waals surface area (Å²) in [7, 11) is 0. The molecule has 7 heteroatoms. The first-order chi connectivity index (χ1) is 12.0. The molecule has 1 aromatic heterocycles. The highest BCUT2D eigenvalue weighted by Crippen LogP contribution is 2.28. The Morgan fingerprint density at radius 3 is 2.84 bits per heavy atom. The summed E-state index contributed by atoms with van der Waals surface area (Å²) in [6.07, 6.45) is 1.40. The van der Waals surface area contributed by atoms with Gasteiger partial charge in [0.15, 0.2) is 5.78 Å². The highest BCUT2D eigenvalue weighted by atomic mass is 16.4. The Bertz CT molecular complexity index is 841. The van der Waals surface area contributed by atoms with Gasteiger partial charge in [-0.05, 0) is 31.0 Å². The van der Waals surface area contributed by atoms with Gasteiger partial charge in [0.2, 0.25) is 0 Å². The summed E-state index contributed by atoms with van der Waals surface area (Å²) in [5.74, 6) is -0.169. The van der Waals surface area contributed by atoms with E-state index in [0.29, 0.717) is 30.8 Å². The zero-order valence-electron chi connectivity index (χ0n) is 13.8. The summed E-state index contributed by atoms with van der Waals surface area (Å²) in [6.45, 7) is 2.28. The van der Waals surface area contributed by atoms with Gasteiger partial charge in [0, 0.05) is 30.4 Å². The van der Waals surface area contributed by atoms with Crippen LogP contribution in [0.5, 0.6) is 0 Å². The second kappa shape index (κ2) is 6.80. The Morgan fingerprint density at radius 1 is 1.32 bits per heavy atom. The number of ketones is 1. The molecule has 0 saturated heterocycles. The average Bonchev–Trinajstić information content (AvgIpc) is 3.03. The summed E-state index contributed by atoms with van der Waals surface area (Å²) < 4.78 is 1.89. The predicted octanol–water partition coefficient (Wildman–Crippen LogP) is 2.30. The number of hydrogen-bond acceptors (Lipinski definition) is 3. The van der Waals surface area contributed by atoms with Crippen molar-refractivity contribution in [2.24, 2.45) is 0 Å². The molecular formula is C18H19N3O4. The second-order valence-electron chi connectivity index (χ2n) is 6.04. The van der Waals surface area contributed by atoms with Crippen molar-refractivity contribution in [3.05, 3.63) is 47.8 Å². The van der Waals surface area contributed by atoms with Crippen LogP contribution in [-0.4, -0.2) is 40.5 Å². The Labute approximate surface area is 144 Å². The van der Waals surface area contributed by atoms with Crippen LogP contribution in [0.3, 0.4) is 0 Å². The number of Topliss-reactive ketones (excluding diaryl/α,β-unsaturated/α-hetero) is 1. The third kappa shape index (κ3) is 3.55. The number of carboxylic acid groups (broad SMARTS) is 1. The summed E-state index contributed by atoms with van der Waals surface area (Å²) >= 11 is 0. The Hall–Kier alpha value is -3.09. The van der Waals surface area contributed by atoms with E-state index < -0.39 is 6.09 Å². The third-order valence-electron chi connectivity index (χ3n) is 4.33. The minimum Gasteiger partial charge on any atom is -0.465 e. The number of nitrogens with zero attached hydrogens (tertiary/aromatic N) is 1. The molecule has 0 radical (unpaired) electrons. The van der Waals surface area contributed by atoms with Gasteiger partial charge in [-0.15, -0.1) is 0 Å². The van der Waals surface area contributed by atoms with Gasteiger partial charge in [-0.1, -0.05) is 18.2 Å². The van der Waals surface area contributed by atoms with E-state index in [1.54, 1.807) is 12.1 Å². The number of rotatable bonds is 5. The van der Waals surface area contributed by atoms with Gasteiger partial charge in [-0.3, -0.25) is 9.59 Å². The first kappa shape index (κ1) is 16.8. The van der Waals surface area contributed by atoms with Crippen molar-refractivity contribution in [2.45, 2.75) is 19.4 Å². The third-order valence-corrected chi connectivity index (χ3v) is 4.33. The Balaban J connectivity index is 1.89. The van der Waals surface area contributed by atoms with E-state index >= 15 is 0 Å². The zero-order valence-corrected chi connectivity index (χ0v) is 13.8. The molecule has 2 aromatic rings. The fourth-order valence-electron chi connectivity index (χ4n) is 3.03. The lowest BCUT2D eigenvalue weighted by Gasteiger charge is -2.26. The maximum Gasteiger partial charge on any atom is 0.404 e. The highest BCUT2D eigenvalue weighted by molar-refractivity contribution is 5.97. The van der Waals surface area contributed by atoms with Crippen LogP contribution in [0.2, 0.25) is 0 Å². The number of nitrogens with one attached hydrogen (secondary N) is 2. The van der Waals surface area contributed by atoms with Crippen molar-refractivity contribution in [1.29, 1.82) is 0 Å². The molecule has 3 N–H and O–H groups in total. The molecule has 25 heavy (non-hydrogen) atoms. The van der Waals surface area contributed by atoms with Crippen molar-refractivity contribution in [2.75, 3.05) is 13.1 Å². The van der Waals surface area contributed by atoms with Gasteiger partial charge < -0.3 is 20.3 Å². The smallest absolute Gasteiger partial charge is 0.404 e. The van der Waals surface area contributed by atoms with E-state index in [1.807, 2.05) is 29.0 Å². The monoisotopic (exact) mass is 341 g/mol. The second-order valence-corrected chi connectivity index (χ2v) is 6.04. The molecular weight excluding hydrogens is 322 g/mol. The maximum atomic E-state index is 12.1. The predicted molar refractivity (Wildman–Crippen MR) is 91.9 cm³/mol. The molecule has 2 amide bonds. The van der Waals surface area contributed by atoms with E-state index in [-0.39, 0.29) is 17.7 Å². The topological polar surface area (TPSA) is 100 Å². The molecule has 2 heterocycles. The van der Waals surface area contributed by atoms with Gasteiger partial charge in [-0.2, -0.15) is 0 Å². The van der Waals surface area contributed by atoms with Crippen LogP contribution < -0.4 is 10.6 Å². The van der Waals surface area contributed by atoms with Crippen molar-refractivity contribution in [3.63, 3.8) is 0 Å². The highest BCUT2D eigenvalue weighted by Gasteiger charge is 2.25. The van der Waals surface area contributed by atoms with Crippen LogP contribution in [0.15, 0.2) is 36.5 Å². The van der Waals surface area contributed by atoms with Crippen molar-refractivity contribution < 1.29 is 19.5 Å². The lowest BCUT2D eigenvalue weighted by Crippen LogP contribution is -2.39. The maximum absolute atomic E-state index is 12.1. The van der Waals surface area contributed by atoms with Gasteiger partial charge in [0.1, 0.15) is 5.69 Å². The van der Waals surface area contributed by atoms with Crippen LogP contribution in [0.25, 0.3) is 11.1 Å². The molecule has 130 valence electrons. The van der Waals surface area contributed by atoms with Gasteiger partial charge in [0.25, 0.3) is 5.91 Å². The van der Waals surface area contributed by atoms with Crippen molar-refractivity contribution in [3.8, 4) is 11.1 Å². The first-order valence-electron chi connectivity index (χ1n) is 8.04. The summed E-state index contributed by atoms with van der Waals surface area (Å²) in [5.41, 5.74) is 2.87. The number of carbonyl (C=O) groups is 3.